The van der Waals surface area contributed by atoms with E-state index in [0.717, 1.165) is 59.5 Å². The smallest absolute Gasteiger partial charge is 0.165 e. The SMILES string of the molecule is CC[NH+]1CCN(c2cc(C(C)(C)C)nc3c(-c4ccc(Cl)cc4)cnn23)CC1. The first-order valence-corrected chi connectivity index (χ1v) is 10.5. The van der Waals surface area contributed by atoms with Gasteiger partial charge in [0.25, 0.3) is 0 Å². The Labute approximate surface area is 171 Å². The maximum Gasteiger partial charge on any atom is 0.165 e. The molecule has 4 rings (SSSR count). The number of benzene rings is 1. The van der Waals surface area contributed by atoms with E-state index in [1.54, 1.807) is 4.90 Å². The van der Waals surface area contributed by atoms with Crippen LogP contribution in [0.3, 0.4) is 0 Å². The quantitative estimate of drug-likeness (QED) is 0.736. The van der Waals surface area contributed by atoms with Crippen LogP contribution < -0.4 is 9.80 Å². The van der Waals surface area contributed by atoms with Crippen LogP contribution in [0, 0.1) is 0 Å². The van der Waals surface area contributed by atoms with E-state index in [1.807, 2.05) is 35.0 Å². The summed E-state index contributed by atoms with van der Waals surface area (Å²) in [6.07, 6.45) is 1.93. The van der Waals surface area contributed by atoms with E-state index in [2.05, 4.69) is 38.7 Å². The summed E-state index contributed by atoms with van der Waals surface area (Å²) in [5.74, 6) is 1.14. The predicted octanol–water partition coefficient (Wildman–Crippen LogP) is 3.07. The Kier molecular flexibility index (Phi) is 5.06. The molecule has 0 aliphatic carbocycles. The maximum atomic E-state index is 6.08. The van der Waals surface area contributed by atoms with Crippen LogP contribution in [0.2, 0.25) is 5.02 Å². The van der Waals surface area contributed by atoms with Gasteiger partial charge in [-0.25, -0.2) is 4.98 Å². The zero-order valence-electron chi connectivity index (χ0n) is 17.2. The van der Waals surface area contributed by atoms with Gasteiger partial charge >= 0.3 is 0 Å². The molecule has 6 heteroatoms. The van der Waals surface area contributed by atoms with Crippen molar-refractivity contribution < 1.29 is 4.90 Å². The standard InChI is InChI=1S/C22H28ClN5/c1-5-26-10-12-27(13-11-26)20-14-19(22(2,3)4)25-21-18(15-24-28(20)21)16-6-8-17(23)9-7-16/h6-9,14-15H,5,10-13H2,1-4H3/p+1. The van der Waals surface area contributed by atoms with E-state index in [0.29, 0.717) is 0 Å². The van der Waals surface area contributed by atoms with Crippen molar-refractivity contribution in [1.82, 2.24) is 14.6 Å². The molecule has 148 valence electrons. The second-order valence-corrected chi connectivity index (χ2v) is 9.08. The number of hydrogen-bond acceptors (Lipinski definition) is 3. The summed E-state index contributed by atoms with van der Waals surface area (Å²) in [5, 5.41) is 5.46. The summed E-state index contributed by atoms with van der Waals surface area (Å²) in [6, 6.07) is 10.1. The molecule has 2 aromatic heterocycles. The molecule has 1 N–H and O–H groups in total. The number of piperazine rings is 1. The van der Waals surface area contributed by atoms with Crippen molar-refractivity contribution in [2.75, 3.05) is 37.6 Å². The first-order chi connectivity index (χ1) is 13.4. The van der Waals surface area contributed by atoms with E-state index in [1.165, 1.54) is 6.54 Å². The van der Waals surface area contributed by atoms with Gasteiger partial charge in [-0.15, -0.1) is 0 Å². The van der Waals surface area contributed by atoms with Gasteiger partial charge in [0.15, 0.2) is 5.65 Å². The first kappa shape index (κ1) is 19.2. The van der Waals surface area contributed by atoms with Crippen LogP contribution in [-0.4, -0.2) is 47.3 Å². The van der Waals surface area contributed by atoms with Crippen LogP contribution >= 0.6 is 11.6 Å². The number of anilines is 1. The molecule has 3 heterocycles. The summed E-state index contributed by atoms with van der Waals surface area (Å²) < 4.78 is 2.01. The first-order valence-electron chi connectivity index (χ1n) is 10.1. The molecule has 1 aliphatic rings. The average molecular weight is 399 g/mol. The Balaban J connectivity index is 1.84. The molecule has 0 unspecified atom stereocenters. The van der Waals surface area contributed by atoms with Crippen molar-refractivity contribution in [2.45, 2.75) is 33.1 Å². The molecule has 3 aromatic rings. The molecule has 1 aliphatic heterocycles. The number of hydrogen-bond donors (Lipinski definition) is 1. The third-order valence-corrected chi connectivity index (χ3v) is 5.92. The number of nitrogens with one attached hydrogen (secondary N) is 1. The zero-order valence-corrected chi connectivity index (χ0v) is 17.9. The monoisotopic (exact) mass is 398 g/mol. The highest BCUT2D eigenvalue weighted by molar-refractivity contribution is 6.30. The molecule has 1 fully saturated rings. The van der Waals surface area contributed by atoms with Crippen LogP contribution in [-0.2, 0) is 5.41 Å². The van der Waals surface area contributed by atoms with Gasteiger partial charge in [0.05, 0.1) is 44.6 Å². The molecular formula is C22H29ClN5+. The largest absolute Gasteiger partial charge is 0.345 e. The van der Waals surface area contributed by atoms with Gasteiger partial charge < -0.3 is 9.80 Å². The Morgan fingerprint density at radius 1 is 1.11 bits per heavy atom. The lowest BCUT2D eigenvalue weighted by molar-refractivity contribution is -0.898. The minimum absolute atomic E-state index is 0.0332. The predicted molar refractivity (Wildman–Crippen MR) is 116 cm³/mol. The lowest BCUT2D eigenvalue weighted by Gasteiger charge is -2.33. The van der Waals surface area contributed by atoms with Gasteiger partial charge in [-0.05, 0) is 24.6 Å². The van der Waals surface area contributed by atoms with E-state index >= 15 is 0 Å². The highest BCUT2D eigenvalue weighted by atomic mass is 35.5. The van der Waals surface area contributed by atoms with Crippen LogP contribution in [0.4, 0.5) is 5.82 Å². The molecule has 0 atom stereocenters. The van der Waals surface area contributed by atoms with E-state index in [9.17, 15) is 0 Å². The Morgan fingerprint density at radius 2 is 1.79 bits per heavy atom. The molecule has 1 aromatic carbocycles. The van der Waals surface area contributed by atoms with Gasteiger partial charge in [-0.1, -0.05) is 44.5 Å². The Hall–Kier alpha value is -2.11. The second kappa shape index (κ2) is 7.37. The Bertz CT molecular complexity index is 963. The fraction of sp³-hybridized carbons (Fsp3) is 0.455. The maximum absolute atomic E-state index is 6.08. The highest BCUT2D eigenvalue weighted by Gasteiger charge is 2.25. The van der Waals surface area contributed by atoms with Gasteiger partial charge in [0.2, 0.25) is 0 Å². The molecule has 0 radical (unpaired) electrons. The third-order valence-electron chi connectivity index (χ3n) is 5.67. The summed E-state index contributed by atoms with van der Waals surface area (Å²) in [4.78, 5) is 9.15. The molecular weight excluding hydrogens is 370 g/mol. The van der Waals surface area contributed by atoms with Crippen molar-refractivity contribution >= 4 is 23.1 Å². The summed E-state index contributed by atoms with van der Waals surface area (Å²) >= 11 is 6.08. The van der Waals surface area contributed by atoms with Crippen LogP contribution in [0.1, 0.15) is 33.4 Å². The summed E-state index contributed by atoms with van der Waals surface area (Å²) in [7, 11) is 0. The topological polar surface area (TPSA) is 37.9 Å². The number of halogens is 1. The lowest BCUT2D eigenvalue weighted by Crippen LogP contribution is -3.14. The number of likely N-dealkylation sites (N-methyl/N-ethyl adjacent to an activating group) is 1. The molecule has 28 heavy (non-hydrogen) atoms. The molecule has 0 amide bonds. The average Bonchev–Trinajstić information content (AvgIpc) is 3.11. The number of aromatic nitrogens is 3. The Morgan fingerprint density at radius 3 is 2.39 bits per heavy atom. The highest BCUT2D eigenvalue weighted by Crippen LogP contribution is 2.31. The summed E-state index contributed by atoms with van der Waals surface area (Å²) in [6.45, 7) is 14.5. The van der Waals surface area contributed by atoms with Gasteiger partial charge in [0.1, 0.15) is 5.82 Å². The van der Waals surface area contributed by atoms with Crippen molar-refractivity contribution in [2.24, 2.45) is 0 Å². The van der Waals surface area contributed by atoms with Crippen LogP contribution in [0.5, 0.6) is 0 Å². The third kappa shape index (κ3) is 3.61. The molecule has 0 spiro atoms. The van der Waals surface area contributed by atoms with Crippen LogP contribution in [0.15, 0.2) is 36.5 Å². The minimum Gasteiger partial charge on any atom is -0.345 e. The van der Waals surface area contributed by atoms with Gasteiger partial charge in [-0.2, -0.15) is 9.61 Å². The number of fused-ring (bicyclic) bond motifs is 1. The van der Waals surface area contributed by atoms with Crippen molar-refractivity contribution in [3.63, 3.8) is 0 Å². The number of quaternary nitrogens is 1. The van der Waals surface area contributed by atoms with Gasteiger partial charge in [-0.3, -0.25) is 0 Å². The fourth-order valence-electron chi connectivity index (χ4n) is 3.80. The van der Waals surface area contributed by atoms with E-state index in [-0.39, 0.29) is 5.41 Å². The summed E-state index contributed by atoms with van der Waals surface area (Å²) in [5.41, 5.74) is 4.10. The molecule has 1 saturated heterocycles. The molecule has 5 nitrogen and oxygen atoms in total. The second-order valence-electron chi connectivity index (χ2n) is 8.64. The minimum atomic E-state index is -0.0332. The number of nitrogens with zero attached hydrogens (tertiary/aromatic N) is 4. The molecule has 0 bridgehead atoms. The van der Waals surface area contributed by atoms with E-state index < -0.39 is 0 Å². The van der Waals surface area contributed by atoms with Crippen LogP contribution in [0.25, 0.3) is 16.8 Å². The zero-order chi connectivity index (χ0) is 19.9. The van der Waals surface area contributed by atoms with E-state index in [4.69, 9.17) is 21.7 Å². The lowest BCUT2D eigenvalue weighted by atomic mass is 9.91. The molecule has 0 saturated carbocycles. The number of rotatable bonds is 3. The fourth-order valence-corrected chi connectivity index (χ4v) is 3.92. The van der Waals surface area contributed by atoms with Crippen molar-refractivity contribution in [3.05, 3.63) is 47.2 Å². The van der Waals surface area contributed by atoms with Gasteiger partial charge in [0, 0.05) is 22.1 Å². The van der Waals surface area contributed by atoms with Crippen molar-refractivity contribution in [3.8, 4) is 11.1 Å². The van der Waals surface area contributed by atoms with Crippen molar-refractivity contribution in [1.29, 1.82) is 0 Å². The normalized spacial score (nSPS) is 16.1.